The van der Waals surface area contributed by atoms with E-state index in [0.717, 1.165) is 10.6 Å². The van der Waals surface area contributed by atoms with Crippen molar-refractivity contribution in [2.45, 2.75) is 40.9 Å². The predicted molar refractivity (Wildman–Crippen MR) is 137 cm³/mol. The van der Waals surface area contributed by atoms with Gasteiger partial charge in [-0.05, 0) is 31.0 Å². The highest BCUT2D eigenvalue weighted by molar-refractivity contribution is 8.01. The smallest absolute Gasteiger partial charge is 0.273 e. The van der Waals surface area contributed by atoms with Crippen molar-refractivity contribution in [3.05, 3.63) is 78.7 Å². The average molecular weight is 512 g/mol. The summed E-state index contributed by atoms with van der Waals surface area (Å²) >= 11 is 2.51. The lowest BCUT2D eigenvalue weighted by Gasteiger charge is -2.35. The molecule has 7 nitrogen and oxygen atoms in total. The van der Waals surface area contributed by atoms with Gasteiger partial charge in [-0.15, -0.1) is 0 Å². The highest BCUT2D eigenvalue weighted by Gasteiger charge is 2.35. The monoisotopic (exact) mass is 511 g/mol. The molecule has 4 rings (SSSR count). The van der Waals surface area contributed by atoms with E-state index >= 15 is 4.39 Å². The van der Waals surface area contributed by atoms with Crippen molar-refractivity contribution in [1.29, 1.82) is 0 Å². The van der Waals surface area contributed by atoms with Gasteiger partial charge in [0.1, 0.15) is 5.82 Å². The number of allylic oxidation sites excluding steroid dienone is 3. The molecule has 0 saturated heterocycles. The maximum absolute atomic E-state index is 15.2. The Morgan fingerprint density at radius 2 is 2.14 bits per heavy atom. The number of anilines is 2. The molecular formula is C25H26FN5O2S2. The summed E-state index contributed by atoms with van der Waals surface area (Å²) in [6, 6.07) is 7.03. The summed E-state index contributed by atoms with van der Waals surface area (Å²) in [7, 11) is 0. The molecule has 1 unspecified atom stereocenters. The number of aliphatic hydroxyl groups is 1. The second-order valence-corrected chi connectivity index (χ2v) is 10.5. The van der Waals surface area contributed by atoms with Crippen LogP contribution in [0.15, 0.2) is 76.3 Å². The van der Waals surface area contributed by atoms with Gasteiger partial charge >= 0.3 is 0 Å². The number of nitrogens with one attached hydrogen (secondary N) is 2. The van der Waals surface area contributed by atoms with E-state index in [2.05, 4.69) is 25.6 Å². The topological polar surface area (TPSA) is 100 Å². The Hall–Kier alpha value is -3.08. The summed E-state index contributed by atoms with van der Waals surface area (Å²) < 4.78 is 16.0. The minimum absolute atomic E-state index is 0.0123. The molecule has 1 aliphatic carbocycles. The van der Waals surface area contributed by atoms with Gasteiger partial charge in [0.2, 0.25) is 0 Å². The van der Waals surface area contributed by atoms with Crippen LogP contribution in [-0.4, -0.2) is 38.1 Å². The van der Waals surface area contributed by atoms with Crippen LogP contribution in [0.5, 0.6) is 0 Å². The fourth-order valence-corrected chi connectivity index (χ4v) is 5.68. The SMILES string of the molecule is CCC[C@@](O)(CNC(=O)c1nccc(Sc2cnc(Nc3ccccn3)s2)c1F)C1C=CC=CC1. The number of thiazole rings is 1. The highest BCUT2D eigenvalue weighted by Crippen LogP contribution is 2.36. The van der Waals surface area contributed by atoms with Crippen LogP contribution >= 0.6 is 23.1 Å². The Kier molecular flexibility index (Phi) is 8.27. The van der Waals surface area contributed by atoms with E-state index in [9.17, 15) is 9.90 Å². The van der Waals surface area contributed by atoms with Crippen LogP contribution in [0, 0.1) is 11.7 Å². The van der Waals surface area contributed by atoms with Crippen molar-refractivity contribution in [2.75, 3.05) is 11.9 Å². The molecule has 0 bridgehead atoms. The molecular weight excluding hydrogens is 485 g/mol. The maximum Gasteiger partial charge on any atom is 0.273 e. The molecule has 10 heteroatoms. The Labute approximate surface area is 211 Å². The van der Waals surface area contributed by atoms with Crippen LogP contribution in [0.2, 0.25) is 0 Å². The van der Waals surface area contributed by atoms with E-state index in [4.69, 9.17) is 0 Å². The zero-order valence-corrected chi connectivity index (χ0v) is 20.8. The lowest BCUT2D eigenvalue weighted by Crippen LogP contribution is -2.48. The summed E-state index contributed by atoms with van der Waals surface area (Å²) in [4.78, 5) is 25.5. The first-order valence-corrected chi connectivity index (χ1v) is 12.9. The van der Waals surface area contributed by atoms with Gasteiger partial charge in [0.15, 0.2) is 16.6 Å². The molecule has 3 aromatic rings. The summed E-state index contributed by atoms with van der Waals surface area (Å²) in [5, 5.41) is 17.7. The van der Waals surface area contributed by atoms with Gasteiger partial charge in [0.25, 0.3) is 5.91 Å². The minimum Gasteiger partial charge on any atom is -0.387 e. The van der Waals surface area contributed by atoms with Gasteiger partial charge in [0.05, 0.1) is 20.9 Å². The molecule has 182 valence electrons. The number of pyridine rings is 2. The first kappa shape index (κ1) is 25.0. The molecule has 0 aromatic carbocycles. The normalized spacial score (nSPS) is 16.6. The van der Waals surface area contributed by atoms with E-state index in [1.165, 1.54) is 35.4 Å². The maximum atomic E-state index is 15.2. The third-order valence-corrected chi connectivity index (χ3v) is 7.62. The third-order valence-electron chi connectivity index (χ3n) is 5.57. The van der Waals surface area contributed by atoms with E-state index in [-0.39, 0.29) is 23.1 Å². The number of nitrogens with zero attached hydrogens (tertiary/aromatic N) is 3. The molecule has 0 radical (unpaired) electrons. The van der Waals surface area contributed by atoms with Crippen LogP contribution in [0.25, 0.3) is 0 Å². The fourth-order valence-electron chi connectivity index (χ4n) is 3.82. The zero-order chi connectivity index (χ0) is 24.7. The number of carbonyl (C=O) groups is 1. The number of halogens is 1. The Balaban J connectivity index is 1.42. The van der Waals surface area contributed by atoms with Crippen LogP contribution in [-0.2, 0) is 0 Å². The quantitative estimate of drug-likeness (QED) is 0.337. The number of amides is 1. The van der Waals surface area contributed by atoms with Crippen molar-refractivity contribution in [3.8, 4) is 0 Å². The van der Waals surface area contributed by atoms with Crippen molar-refractivity contribution < 1.29 is 14.3 Å². The highest BCUT2D eigenvalue weighted by atomic mass is 32.2. The molecule has 3 N–H and O–H groups in total. The van der Waals surface area contributed by atoms with Crippen LogP contribution in [0.3, 0.4) is 0 Å². The third kappa shape index (κ3) is 6.33. The summed E-state index contributed by atoms with van der Waals surface area (Å²) in [6.07, 6.45) is 14.5. The standard InChI is InChI=1S/C25H26FN5O2S2/c1-2-12-25(33,17-8-4-3-5-9-17)16-30-23(32)22-21(26)18(11-14-28-22)34-20-15-29-24(35-20)31-19-10-6-7-13-27-19/h3-8,10-11,13-15,17,33H,2,9,12,16H2,1H3,(H,30,32)(H,27,29,31)/t17?,25-/m1/s1. The molecule has 2 atom stereocenters. The van der Waals surface area contributed by atoms with Gasteiger partial charge in [-0.1, -0.05) is 66.8 Å². The second kappa shape index (κ2) is 11.6. The van der Waals surface area contributed by atoms with Gasteiger partial charge < -0.3 is 15.7 Å². The molecule has 1 aliphatic rings. The largest absolute Gasteiger partial charge is 0.387 e. The first-order valence-electron chi connectivity index (χ1n) is 11.3. The zero-order valence-electron chi connectivity index (χ0n) is 19.1. The van der Waals surface area contributed by atoms with Crippen LogP contribution < -0.4 is 10.6 Å². The Bertz CT molecular complexity index is 1220. The summed E-state index contributed by atoms with van der Waals surface area (Å²) in [5.41, 5.74) is -1.42. The summed E-state index contributed by atoms with van der Waals surface area (Å²) in [5.74, 6) is -0.818. The fraction of sp³-hybridized carbons (Fsp3) is 0.280. The van der Waals surface area contributed by atoms with Crippen molar-refractivity contribution >= 4 is 40.0 Å². The molecule has 3 aromatic heterocycles. The Morgan fingerprint density at radius 1 is 1.26 bits per heavy atom. The average Bonchev–Trinajstić information content (AvgIpc) is 3.32. The second-order valence-electron chi connectivity index (χ2n) is 8.09. The predicted octanol–water partition coefficient (Wildman–Crippen LogP) is 5.36. The van der Waals surface area contributed by atoms with Gasteiger partial charge in [-0.3, -0.25) is 4.79 Å². The van der Waals surface area contributed by atoms with E-state index < -0.39 is 17.3 Å². The Morgan fingerprint density at radius 3 is 2.89 bits per heavy atom. The van der Waals surface area contributed by atoms with E-state index in [0.29, 0.717) is 23.8 Å². The number of hydrogen-bond acceptors (Lipinski definition) is 8. The van der Waals surface area contributed by atoms with Crippen LogP contribution in [0.1, 0.15) is 36.7 Å². The van der Waals surface area contributed by atoms with Crippen LogP contribution in [0.4, 0.5) is 15.3 Å². The van der Waals surface area contributed by atoms with Gasteiger partial charge in [-0.25, -0.2) is 19.3 Å². The number of carbonyl (C=O) groups excluding carboxylic acids is 1. The molecule has 0 saturated carbocycles. The lowest BCUT2D eigenvalue weighted by atomic mass is 9.79. The van der Waals surface area contributed by atoms with E-state index in [1.807, 2.05) is 49.4 Å². The molecule has 0 aliphatic heterocycles. The minimum atomic E-state index is -1.12. The molecule has 35 heavy (non-hydrogen) atoms. The van der Waals surface area contributed by atoms with Crippen molar-refractivity contribution in [3.63, 3.8) is 0 Å². The summed E-state index contributed by atoms with van der Waals surface area (Å²) in [6.45, 7) is 1.99. The number of rotatable bonds is 10. The number of aromatic nitrogens is 3. The lowest BCUT2D eigenvalue weighted by molar-refractivity contribution is -0.00724. The molecule has 1 amide bonds. The van der Waals surface area contributed by atoms with Gasteiger partial charge in [-0.2, -0.15) is 0 Å². The van der Waals surface area contributed by atoms with Crippen molar-refractivity contribution in [2.24, 2.45) is 5.92 Å². The molecule has 0 fully saturated rings. The molecule has 0 spiro atoms. The van der Waals surface area contributed by atoms with Gasteiger partial charge in [0, 0.05) is 24.9 Å². The number of hydrogen-bond donors (Lipinski definition) is 3. The first-order chi connectivity index (χ1) is 17.0. The molecule has 3 heterocycles. The van der Waals surface area contributed by atoms with Crippen molar-refractivity contribution in [1.82, 2.24) is 20.3 Å². The van der Waals surface area contributed by atoms with E-state index in [1.54, 1.807) is 12.4 Å².